The molecule has 42 valence electrons. The summed E-state index contributed by atoms with van der Waals surface area (Å²) >= 11 is 0. The van der Waals surface area contributed by atoms with E-state index in [1.807, 2.05) is 0 Å². The van der Waals surface area contributed by atoms with Gasteiger partial charge in [0.05, 0.1) is 0 Å². The normalized spacial score (nSPS) is 10.5. The SMILES string of the molecule is C=C/C=C\N=C/N=C. The molecule has 0 heterocycles. The van der Waals surface area contributed by atoms with E-state index in [0.29, 0.717) is 0 Å². The third kappa shape index (κ3) is 4.82. The first kappa shape index (κ1) is 6.82. The Labute approximate surface area is 49.0 Å². The van der Waals surface area contributed by atoms with Gasteiger partial charge in [-0.25, -0.2) is 4.99 Å². The van der Waals surface area contributed by atoms with Crippen LogP contribution in [0.2, 0.25) is 0 Å². The molecule has 0 aliphatic rings. The molecule has 0 radical (unpaired) electrons. The van der Waals surface area contributed by atoms with E-state index >= 15 is 0 Å². The molecule has 0 saturated heterocycles. The maximum Gasteiger partial charge on any atom is 0.114 e. The summed E-state index contributed by atoms with van der Waals surface area (Å²) in [5.41, 5.74) is 0. The largest absolute Gasteiger partial charge is 0.253 e. The summed E-state index contributed by atoms with van der Waals surface area (Å²) in [7, 11) is 0. The monoisotopic (exact) mass is 108 g/mol. The smallest absolute Gasteiger partial charge is 0.114 e. The van der Waals surface area contributed by atoms with Crippen molar-refractivity contribution in [2.75, 3.05) is 0 Å². The maximum absolute atomic E-state index is 3.67. The predicted molar refractivity (Wildman–Crippen MR) is 37.4 cm³/mol. The molecule has 0 N–H and O–H groups in total. The molecule has 0 aliphatic heterocycles. The molecule has 2 nitrogen and oxygen atoms in total. The van der Waals surface area contributed by atoms with Crippen molar-refractivity contribution in [3.05, 3.63) is 24.9 Å². The Morgan fingerprint density at radius 2 is 2.12 bits per heavy atom. The van der Waals surface area contributed by atoms with E-state index in [0.717, 1.165) is 0 Å². The van der Waals surface area contributed by atoms with Gasteiger partial charge < -0.3 is 0 Å². The summed E-state index contributed by atoms with van der Waals surface area (Å²) in [6, 6.07) is 0. The average Bonchev–Trinajstić information content (AvgIpc) is 1.81. The Balaban J connectivity index is 3.41. The zero-order chi connectivity index (χ0) is 6.24. The Bertz CT molecular complexity index is 106. The number of allylic oxidation sites excluding steroid dienone is 2. The molecule has 0 bridgehead atoms. The summed E-state index contributed by atoms with van der Waals surface area (Å²) in [6.07, 6.45) is 6.30. The van der Waals surface area contributed by atoms with Gasteiger partial charge in [-0.1, -0.05) is 12.7 Å². The molecule has 0 aromatic rings. The van der Waals surface area contributed by atoms with E-state index in [9.17, 15) is 0 Å². The molecule has 0 atom stereocenters. The number of hydrogen-bond donors (Lipinski definition) is 0. The second-order valence-electron chi connectivity index (χ2n) is 1.02. The van der Waals surface area contributed by atoms with E-state index in [-0.39, 0.29) is 0 Å². The molecule has 8 heavy (non-hydrogen) atoms. The van der Waals surface area contributed by atoms with Crippen molar-refractivity contribution in [1.82, 2.24) is 0 Å². The number of rotatable bonds is 3. The van der Waals surface area contributed by atoms with Crippen LogP contribution < -0.4 is 0 Å². The van der Waals surface area contributed by atoms with Crippen LogP contribution in [0.4, 0.5) is 0 Å². The molecule has 0 amide bonds. The average molecular weight is 108 g/mol. The second-order valence-corrected chi connectivity index (χ2v) is 1.02. The predicted octanol–water partition coefficient (Wildman–Crippen LogP) is 1.41. The van der Waals surface area contributed by atoms with E-state index in [2.05, 4.69) is 23.3 Å². The minimum absolute atomic E-state index is 1.36. The molecule has 0 spiro atoms. The zero-order valence-electron chi connectivity index (χ0n) is 4.62. The van der Waals surface area contributed by atoms with Gasteiger partial charge in [0, 0.05) is 6.20 Å². The lowest BCUT2D eigenvalue weighted by atomic mass is 10.6. The highest BCUT2D eigenvalue weighted by Gasteiger charge is 1.54. The van der Waals surface area contributed by atoms with Gasteiger partial charge in [-0.3, -0.25) is 4.99 Å². The van der Waals surface area contributed by atoms with Crippen LogP contribution in [0.15, 0.2) is 34.9 Å². The summed E-state index contributed by atoms with van der Waals surface area (Å²) in [5.74, 6) is 0. The second kappa shape index (κ2) is 5.82. The van der Waals surface area contributed by atoms with Crippen LogP contribution in [0.3, 0.4) is 0 Å². The van der Waals surface area contributed by atoms with Crippen molar-refractivity contribution in [3.8, 4) is 0 Å². The highest BCUT2D eigenvalue weighted by atomic mass is 14.8. The lowest BCUT2D eigenvalue weighted by Crippen LogP contribution is -1.56. The summed E-state index contributed by atoms with van der Waals surface area (Å²) in [5, 5.41) is 0. The van der Waals surface area contributed by atoms with Crippen LogP contribution in [0, 0.1) is 0 Å². The van der Waals surface area contributed by atoms with Gasteiger partial charge in [0.25, 0.3) is 0 Å². The fourth-order valence-corrected chi connectivity index (χ4v) is 0.196. The molecule has 0 aliphatic carbocycles. The third-order valence-electron chi connectivity index (χ3n) is 0.457. The fraction of sp³-hybridized carbons (Fsp3) is 0. The lowest BCUT2D eigenvalue weighted by molar-refractivity contribution is 1.56. The first-order valence-electron chi connectivity index (χ1n) is 2.17. The van der Waals surface area contributed by atoms with Crippen LogP contribution in [0.25, 0.3) is 0 Å². The quantitative estimate of drug-likeness (QED) is 0.297. The molecular weight excluding hydrogens is 100 g/mol. The van der Waals surface area contributed by atoms with Gasteiger partial charge in [0.1, 0.15) is 6.34 Å². The molecule has 0 saturated carbocycles. The first-order valence-corrected chi connectivity index (χ1v) is 2.17. The molecule has 0 aromatic heterocycles. The standard InChI is InChI=1S/C6H8N2/c1-3-4-5-8-6-7-2/h3-6H,1-2H2/b5-4-,8-6-. The first-order chi connectivity index (χ1) is 3.91. The Morgan fingerprint density at radius 3 is 2.62 bits per heavy atom. The van der Waals surface area contributed by atoms with Crippen LogP contribution in [0.5, 0.6) is 0 Å². The van der Waals surface area contributed by atoms with E-state index in [1.165, 1.54) is 6.34 Å². The van der Waals surface area contributed by atoms with E-state index < -0.39 is 0 Å². The summed E-state index contributed by atoms with van der Waals surface area (Å²) in [4.78, 5) is 7.05. The van der Waals surface area contributed by atoms with Crippen molar-refractivity contribution in [2.45, 2.75) is 0 Å². The van der Waals surface area contributed by atoms with Gasteiger partial charge in [-0.15, -0.1) is 0 Å². The fourth-order valence-electron chi connectivity index (χ4n) is 0.196. The van der Waals surface area contributed by atoms with E-state index in [4.69, 9.17) is 0 Å². The Morgan fingerprint density at radius 1 is 1.38 bits per heavy atom. The maximum atomic E-state index is 3.67. The van der Waals surface area contributed by atoms with Gasteiger partial charge in [-0.2, -0.15) is 0 Å². The highest BCUT2D eigenvalue weighted by Crippen LogP contribution is 1.72. The Kier molecular flexibility index (Phi) is 4.96. The van der Waals surface area contributed by atoms with Gasteiger partial charge >= 0.3 is 0 Å². The lowest BCUT2D eigenvalue weighted by Gasteiger charge is -1.68. The molecule has 0 aromatic carbocycles. The molecular formula is C6H8N2. The van der Waals surface area contributed by atoms with Crippen LogP contribution in [0.1, 0.15) is 0 Å². The van der Waals surface area contributed by atoms with Crippen molar-refractivity contribution >= 4 is 13.1 Å². The Hall–Kier alpha value is -1.18. The van der Waals surface area contributed by atoms with Gasteiger partial charge in [-0.05, 0) is 12.8 Å². The number of aliphatic imine (C=N–C) groups is 2. The van der Waals surface area contributed by atoms with Gasteiger partial charge in [0.15, 0.2) is 0 Å². The molecule has 0 unspecified atom stereocenters. The minimum Gasteiger partial charge on any atom is -0.253 e. The van der Waals surface area contributed by atoms with Crippen molar-refractivity contribution in [2.24, 2.45) is 9.98 Å². The third-order valence-corrected chi connectivity index (χ3v) is 0.457. The summed E-state index contributed by atoms with van der Waals surface area (Å²) in [6.45, 7) is 6.65. The number of nitrogens with zero attached hydrogens (tertiary/aromatic N) is 2. The van der Waals surface area contributed by atoms with Crippen LogP contribution in [-0.4, -0.2) is 13.1 Å². The topological polar surface area (TPSA) is 24.7 Å². The van der Waals surface area contributed by atoms with Crippen molar-refractivity contribution in [3.63, 3.8) is 0 Å². The van der Waals surface area contributed by atoms with E-state index in [1.54, 1.807) is 18.4 Å². The van der Waals surface area contributed by atoms with Crippen LogP contribution in [-0.2, 0) is 0 Å². The van der Waals surface area contributed by atoms with Crippen LogP contribution >= 0.6 is 0 Å². The van der Waals surface area contributed by atoms with Crippen molar-refractivity contribution in [1.29, 1.82) is 0 Å². The summed E-state index contributed by atoms with van der Waals surface area (Å²) < 4.78 is 0. The molecule has 2 heteroatoms. The minimum atomic E-state index is 1.36. The molecule has 0 rings (SSSR count). The van der Waals surface area contributed by atoms with Crippen molar-refractivity contribution < 1.29 is 0 Å². The number of hydrogen-bond acceptors (Lipinski definition) is 1. The van der Waals surface area contributed by atoms with Gasteiger partial charge in [0.2, 0.25) is 0 Å². The zero-order valence-corrected chi connectivity index (χ0v) is 4.62. The highest BCUT2D eigenvalue weighted by molar-refractivity contribution is 5.62. The molecule has 0 fully saturated rings.